The fourth-order valence-corrected chi connectivity index (χ4v) is 3.45. The van der Waals surface area contributed by atoms with Crippen molar-refractivity contribution in [3.63, 3.8) is 0 Å². The zero-order valence-corrected chi connectivity index (χ0v) is 14.0. The smallest absolute Gasteiger partial charge is 0.358 e. The lowest BCUT2D eigenvalue weighted by Gasteiger charge is -2.11. The van der Waals surface area contributed by atoms with Gasteiger partial charge in [-0.15, -0.1) is 0 Å². The molecular formula is C18H25N3O2. The van der Waals surface area contributed by atoms with Crippen LogP contribution in [0, 0.1) is 5.92 Å². The minimum Gasteiger partial charge on any atom is -0.461 e. The summed E-state index contributed by atoms with van der Waals surface area (Å²) in [4.78, 5) is 16.7. The molecule has 0 amide bonds. The van der Waals surface area contributed by atoms with Crippen molar-refractivity contribution in [3.05, 3.63) is 29.2 Å². The fraction of sp³-hybridized carbons (Fsp3) is 0.611. The molecule has 0 atom stereocenters. The van der Waals surface area contributed by atoms with E-state index < -0.39 is 0 Å². The van der Waals surface area contributed by atoms with Crippen LogP contribution in [0.1, 0.15) is 67.8 Å². The molecule has 1 fully saturated rings. The van der Waals surface area contributed by atoms with E-state index in [9.17, 15) is 4.79 Å². The van der Waals surface area contributed by atoms with Gasteiger partial charge in [0.25, 0.3) is 0 Å². The Labute approximate surface area is 137 Å². The summed E-state index contributed by atoms with van der Waals surface area (Å²) in [5, 5.41) is 4.40. The summed E-state index contributed by atoms with van der Waals surface area (Å²) in [6.07, 6.45) is 8.31. The van der Waals surface area contributed by atoms with Crippen LogP contribution >= 0.6 is 0 Å². The standard InChI is InChI=1S/C18H25N3O2/c1-3-7-15-11-14(10-13-8-5-6-9-13)19-17-12-16(20-21(15)17)18(22)23-4-2/h11-13H,3-10H2,1-2H3. The van der Waals surface area contributed by atoms with Gasteiger partial charge in [0.1, 0.15) is 0 Å². The summed E-state index contributed by atoms with van der Waals surface area (Å²) in [5.74, 6) is 0.379. The van der Waals surface area contributed by atoms with Gasteiger partial charge in [0, 0.05) is 17.5 Å². The van der Waals surface area contributed by atoms with Gasteiger partial charge in [0.2, 0.25) is 0 Å². The van der Waals surface area contributed by atoms with Gasteiger partial charge in [0.05, 0.1) is 6.61 Å². The van der Waals surface area contributed by atoms with E-state index in [1.807, 2.05) is 0 Å². The Hall–Kier alpha value is -1.91. The van der Waals surface area contributed by atoms with Crippen LogP contribution in [-0.2, 0) is 17.6 Å². The second-order valence-electron chi connectivity index (χ2n) is 6.36. The molecule has 0 radical (unpaired) electrons. The van der Waals surface area contributed by atoms with Gasteiger partial charge in [-0.1, -0.05) is 39.0 Å². The van der Waals surface area contributed by atoms with Crippen molar-refractivity contribution in [1.29, 1.82) is 0 Å². The molecule has 124 valence electrons. The van der Waals surface area contributed by atoms with E-state index in [0.29, 0.717) is 12.3 Å². The van der Waals surface area contributed by atoms with Gasteiger partial charge >= 0.3 is 5.97 Å². The van der Waals surface area contributed by atoms with Crippen LogP contribution in [0.3, 0.4) is 0 Å². The van der Waals surface area contributed by atoms with E-state index in [1.165, 1.54) is 25.7 Å². The van der Waals surface area contributed by atoms with Crippen LogP contribution < -0.4 is 0 Å². The largest absolute Gasteiger partial charge is 0.461 e. The molecule has 0 aliphatic heterocycles. The fourth-order valence-electron chi connectivity index (χ4n) is 3.45. The summed E-state index contributed by atoms with van der Waals surface area (Å²) in [5.41, 5.74) is 3.35. The number of hydrogen-bond donors (Lipinski definition) is 0. The van der Waals surface area contributed by atoms with Crippen molar-refractivity contribution in [1.82, 2.24) is 14.6 Å². The lowest BCUT2D eigenvalue weighted by atomic mass is 10.0. The van der Waals surface area contributed by atoms with Crippen molar-refractivity contribution in [3.8, 4) is 0 Å². The Kier molecular flexibility index (Phi) is 4.94. The molecule has 23 heavy (non-hydrogen) atoms. The number of esters is 1. The van der Waals surface area contributed by atoms with Crippen molar-refractivity contribution < 1.29 is 9.53 Å². The molecule has 0 unspecified atom stereocenters. The lowest BCUT2D eigenvalue weighted by molar-refractivity contribution is 0.0519. The number of ether oxygens (including phenoxy) is 1. The Morgan fingerprint density at radius 1 is 1.30 bits per heavy atom. The zero-order chi connectivity index (χ0) is 16.2. The number of aromatic nitrogens is 3. The summed E-state index contributed by atoms with van der Waals surface area (Å²) in [6.45, 7) is 4.31. The molecule has 1 aliphatic carbocycles. The van der Waals surface area contributed by atoms with Gasteiger partial charge in [-0.25, -0.2) is 14.3 Å². The number of fused-ring (bicyclic) bond motifs is 1. The molecule has 5 nitrogen and oxygen atoms in total. The van der Waals surface area contributed by atoms with Gasteiger partial charge in [-0.2, -0.15) is 5.10 Å². The molecule has 0 N–H and O–H groups in total. The normalized spacial score (nSPS) is 15.4. The first-order valence-electron chi connectivity index (χ1n) is 8.77. The first kappa shape index (κ1) is 16.0. The molecule has 1 saturated carbocycles. The molecule has 0 spiro atoms. The second kappa shape index (κ2) is 7.11. The van der Waals surface area contributed by atoms with Gasteiger partial charge in [-0.05, 0) is 31.7 Å². The molecule has 0 bridgehead atoms. The van der Waals surface area contributed by atoms with E-state index >= 15 is 0 Å². The number of aryl methyl sites for hydroxylation is 1. The number of hydrogen-bond acceptors (Lipinski definition) is 4. The third kappa shape index (κ3) is 3.54. The first-order chi connectivity index (χ1) is 11.2. The Bertz CT molecular complexity index is 687. The Morgan fingerprint density at radius 2 is 2.09 bits per heavy atom. The highest BCUT2D eigenvalue weighted by Crippen LogP contribution is 2.28. The highest BCUT2D eigenvalue weighted by atomic mass is 16.5. The summed E-state index contributed by atoms with van der Waals surface area (Å²) in [7, 11) is 0. The number of carbonyl (C=O) groups is 1. The highest BCUT2D eigenvalue weighted by molar-refractivity contribution is 5.88. The second-order valence-corrected chi connectivity index (χ2v) is 6.36. The van der Waals surface area contributed by atoms with E-state index in [2.05, 4.69) is 18.1 Å². The van der Waals surface area contributed by atoms with E-state index in [-0.39, 0.29) is 5.97 Å². The van der Waals surface area contributed by atoms with Gasteiger partial charge in [0.15, 0.2) is 11.3 Å². The maximum absolute atomic E-state index is 11.9. The minimum atomic E-state index is -0.377. The van der Waals surface area contributed by atoms with Gasteiger partial charge in [-0.3, -0.25) is 0 Å². The maximum Gasteiger partial charge on any atom is 0.358 e. The van der Waals surface area contributed by atoms with E-state index in [0.717, 1.165) is 42.2 Å². The molecule has 2 aromatic heterocycles. The van der Waals surface area contributed by atoms with E-state index in [4.69, 9.17) is 9.72 Å². The topological polar surface area (TPSA) is 56.5 Å². The van der Waals surface area contributed by atoms with Gasteiger partial charge < -0.3 is 4.74 Å². The minimum absolute atomic E-state index is 0.342. The van der Waals surface area contributed by atoms with Crippen molar-refractivity contribution >= 4 is 11.6 Å². The van der Waals surface area contributed by atoms with Crippen LogP contribution in [-0.4, -0.2) is 27.2 Å². The average molecular weight is 315 g/mol. The predicted molar refractivity (Wildman–Crippen MR) is 88.6 cm³/mol. The number of nitrogens with zero attached hydrogens (tertiary/aromatic N) is 3. The first-order valence-corrected chi connectivity index (χ1v) is 8.77. The Balaban J connectivity index is 1.94. The highest BCUT2D eigenvalue weighted by Gasteiger charge is 2.19. The quantitative estimate of drug-likeness (QED) is 0.764. The molecule has 0 aromatic carbocycles. The molecule has 5 heteroatoms. The zero-order valence-electron chi connectivity index (χ0n) is 14.0. The molecular weight excluding hydrogens is 290 g/mol. The van der Waals surface area contributed by atoms with Crippen LogP contribution in [0.5, 0.6) is 0 Å². The SMILES string of the molecule is CCCc1cc(CC2CCCC2)nc2cc(C(=O)OCC)nn12. The van der Waals surface area contributed by atoms with Crippen LogP contribution in [0.2, 0.25) is 0 Å². The number of rotatable bonds is 6. The van der Waals surface area contributed by atoms with Crippen LogP contribution in [0.25, 0.3) is 5.65 Å². The van der Waals surface area contributed by atoms with Crippen molar-refractivity contribution in [2.45, 2.75) is 58.8 Å². The lowest BCUT2D eigenvalue weighted by Crippen LogP contribution is -2.08. The molecule has 2 aromatic rings. The third-order valence-electron chi connectivity index (χ3n) is 4.52. The van der Waals surface area contributed by atoms with Crippen molar-refractivity contribution in [2.24, 2.45) is 5.92 Å². The van der Waals surface area contributed by atoms with Crippen LogP contribution in [0.15, 0.2) is 12.1 Å². The van der Waals surface area contributed by atoms with E-state index in [1.54, 1.807) is 17.5 Å². The predicted octanol–water partition coefficient (Wildman–Crippen LogP) is 3.59. The third-order valence-corrected chi connectivity index (χ3v) is 4.52. The monoisotopic (exact) mass is 315 g/mol. The number of carbonyl (C=O) groups excluding carboxylic acids is 1. The molecule has 0 saturated heterocycles. The average Bonchev–Trinajstić information content (AvgIpc) is 3.17. The summed E-state index contributed by atoms with van der Waals surface area (Å²) in [6, 6.07) is 3.91. The summed E-state index contributed by atoms with van der Waals surface area (Å²) >= 11 is 0. The summed E-state index contributed by atoms with van der Waals surface area (Å²) < 4.78 is 6.85. The molecule has 1 aliphatic rings. The molecule has 3 rings (SSSR count). The Morgan fingerprint density at radius 3 is 2.78 bits per heavy atom. The maximum atomic E-state index is 11.9. The van der Waals surface area contributed by atoms with Crippen LogP contribution in [0.4, 0.5) is 0 Å². The molecule has 2 heterocycles. The van der Waals surface area contributed by atoms with Crippen molar-refractivity contribution in [2.75, 3.05) is 6.61 Å².